The van der Waals surface area contributed by atoms with Crippen LogP contribution in [0.15, 0.2) is 41.0 Å². The summed E-state index contributed by atoms with van der Waals surface area (Å²) in [6.45, 7) is 5.36. The van der Waals surface area contributed by atoms with Gasteiger partial charge >= 0.3 is 0 Å². The number of furan rings is 1. The predicted molar refractivity (Wildman–Crippen MR) is 88.5 cm³/mol. The quantitative estimate of drug-likeness (QED) is 0.870. The van der Waals surface area contributed by atoms with Gasteiger partial charge in [0.15, 0.2) is 0 Å². The molecular formula is C19H23NO3. The number of aryl methyl sites for hydroxylation is 1. The Morgan fingerprint density at radius 3 is 2.65 bits per heavy atom. The maximum absolute atomic E-state index is 13.1. The van der Waals surface area contributed by atoms with Gasteiger partial charge in [0.25, 0.3) is 0 Å². The SMILES string of the molecule is COc1ccc(C(C)(C)C(=O)N2CCCc3occc3C2)cc1. The van der Waals surface area contributed by atoms with E-state index in [0.29, 0.717) is 6.54 Å². The summed E-state index contributed by atoms with van der Waals surface area (Å²) < 4.78 is 10.7. The van der Waals surface area contributed by atoms with Gasteiger partial charge in [-0.3, -0.25) is 4.79 Å². The molecule has 1 aromatic carbocycles. The molecule has 3 rings (SSSR count). The molecule has 1 aliphatic heterocycles. The van der Waals surface area contributed by atoms with E-state index in [2.05, 4.69) is 0 Å². The van der Waals surface area contributed by atoms with Gasteiger partial charge in [-0.1, -0.05) is 12.1 Å². The Labute approximate surface area is 137 Å². The molecule has 4 nitrogen and oxygen atoms in total. The molecule has 2 heterocycles. The third kappa shape index (κ3) is 2.98. The molecule has 0 fully saturated rings. The van der Waals surface area contributed by atoms with Gasteiger partial charge in [0.05, 0.1) is 18.8 Å². The van der Waals surface area contributed by atoms with E-state index in [1.54, 1.807) is 13.4 Å². The number of carbonyl (C=O) groups is 1. The number of carbonyl (C=O) groups excluding carboxylic acids is 1. The molecule has 1 aliphatic rings. The highest BCUT2D eigenvalue weighted by Crippen LogP contribution is 2.30. The van der Waals surface area contributed by atoms with Crippen molar-refractivity contribution in [2.45, 2.75) is 38.6 Å². The third-order valence-electron chi connectivity index (χ3n) is 4.66. The van der Waals surface area contributed by atoms with Crippen molar-refractivity contribution in [3.05, 3.63) is 53.5 Å². The van der Waals surface area contributed by atoms with Crippen molar-refractivity contribution in [2.24, 2.45) is 0 Å². The highest BCUT2D eigenvalue weighted by molar-refractivity contribution is 5.87. The molecule has 4 heteroatoms. The van der Waals surface area contributed by atoms with Gasteiger partial charge in [0.1, 0.15) is 11.5 Å². The molecule has 2 aromatic rings. The van der Waals surface area contributed by atoms with Gasteiger partial charge in [-0.05, 0) is 44.0 Å². The molecule has 0 saturated heterocycles. The van der Waals surface area contributed by atoms with Crippen LogP contribution in [0.2, 0.25) is 0 Å². The zero-order valence-corrected chi connectivity index (χ0v) is 14.0. The maximum Gasteiger partial charge on any atom is 0.232 e. The van der Waals surface area contributed by atoms with Crippen LogP contribution >= 0.6 is 0 Å². The smallest absolute Gasteiger partial charge is 0.232 e. The highest BCUT2D eigenvalue weighted by atomic mass is 16.5. The van der Waals surface area contributed by atoms with Crippen molar-refractivity contribution in [1.29, 1.82) is 0 Å². The molecule has 1 aromatic heterocycles. The summed E-state index contributed by atoms with van der Waals surface area (Å²) >= 11 is 0. The first-order valence-electron chi connectivity index (χ1n) is 8.01. The Balaban J connectivity index is 1.82. The summed E-state index contributed by atoms with van der Waals surface area (Å²) in [5.41, 5.74) is 1.56. The minimum Gasteiger partial charge on any atom is -0.497 e. The monoisotopic (exact) mass is 313 g/mol. The van der Waals surface area contributed by atoms with Gasteiger partial charge < -0.3 is 14.1 Å². The van der Waals surface area contributed by atoms with Crippen LogP contribution in [0.1, 0.15) is 37.2 Å². The van der Waals surface area contributed by atoms with Crippen molar-refractivity contribution in [2.75, 3.05) is 13.7 Å². The van der Waals surface area contributed by atoms with Gasteiger partial charge in [-0.25, -0.2) is 0 Å². The number of fused-ring (bicyclic) bond motifs is 1. The lowest BCUT2D eigenvalue weighted by Crippen LogP contribution is -2.43. The number of hydrogen-bond donors (Lipinski definition) is 0. The molecule has 0 bridgehead atoms. The van der Waals surface area contributed by atoms with Gasteiger partial charge in [-0.2, -0.15) is 0 Å². The fraction of sp³-hybridized carbons (Fsp3) is 0.421. The number of benzene rings is 1. The summed E-state index contributed by atoms with van der Waals surface area (Å²) in [6.07, 6.45) is 3.55. The van der Waals surface area contributed by atoms with E-state index in [1.165, 1.54) is 0 Å². The van der Waals surface area contributed by atoms with Crippen molar-refractivity contribution < 1.29 is 13.9 Å². The Hall–Kier alpha value is -2.23. The molecule has 0 N–H and O–H groups in total. The zero-order chi connectivity index (χ0) is 16.4. The normalized spacial score (nSPS) is 15.0. The molecule has 0 saturated carbocycles. The molecule has 0 atom stereocenters. The Kier molecular flexibility index (Phi) is 4.16. The number of nitrogens with zero attached hydrogens (tertiary/aromatic N) is 1. The van der Waals surface area contributed by atoms with Crippen LogP contribution in [-0.4, -0.2) is 24.5 Å². The summed E-state index contributed by atoms with van der Waals surface area (Å²) in [6, 6.07) is 9.72. The van der Waals surface area contributed by atoms with E-state index in [-0.39, 0.29) is 5.91 Å². The fourth-order valence-corrected chi connectivity index (χ4v) is 3.14. The summed E-state index contributed by atoms with van der Waals surface area (Å²) in [5.74, 6) is 1.97. The van der Waals surface area contributed by atoms with Crippen LogP contribution in [-0.2, 0) is 23.2 Å². The first-order chi connectivity index (χ1) is 11.0. The number of hydrogen-bond acceptors (Lipinski definition) is 3. The second-order valence-corrected chi connectivity index (χ2v) is 6.55. The average Bonchev–Trinajstić information content (AvgIpc) is 2.91. The van der Waals surface area contributed by atoms with Gasteiger partial charge in [0, 0.05) is 25.1 Å². The lowest BCUT2D eigenvalue weighted by molar-refractivity contribution is -0.136. The first kappa shape index (κ1) is 15.7. The molecule has 23 heavy (non-hydrogen) atoms. The van der Waals surface area contributed by atoms with Crippen molar-refractivity contribution >= 4 is 5.91 Å². The van der Waals surface area contributed by atoms with Crippen LogP contribution in [0, 0.1) is 0 Å². The van der Waals surface area contributed by atoms with E-state index in [1.807, 2.05) is 49.1 Å². The first-order valence-corrected chi connectivity index (χ1v) is 8.01. The second-order valence-electron chi connectivity index (χ2n) is 6.55. The van der Waals surface area contributed by atoms with Crippen molar-refractivity contribution in [3.63, 3.8) is 0 Å². The summed E-state index contributed by atoms with van der Waals surface area (Å²) in [7, 11) is 1.64. The highest BCUT2D eigenvalue weighted by Gasteiger charge is 2.34. The van der Waals surface area contributed by atoms with Crippen LogP contribution in [0.25, 0.3) is 0 Å². The van der Waals surface area contributed by atoms with E-state index in [9.17, 15) is 4.79 Å². The predicted octanol–water partition coefficient (Wildman–Crippen LogP) is 3.54. The molecule has 1 amide bonds. The molecule has 0 spiro atoms. The number of methoxy groups -OCH3 is 1. The van der Waals surface area contributed by atoms with Crippen LogP contribution in [0.4, 0.5) is 0 Å². The Morgan fingerprint density at radius 2 is 1.96 bits per heavy atom. The number of ether oxygens (including phenoxy) is 1. The zero-order valence-electron chi connectivity index (χ0n) is 14.0. The van der Waals surface area contributed by atoms with Gasteiger partial charge in [-0.15, -0.1) is 0 Å². The van der Waals surface area contributed by atoms with E-state index < -0.39 is 5.41 Å². The summed E-state index contributed by atoms with van der Waals surface area (Å²) in [5, 5.41) is 0. The van der Waals surface area contributed by atoms with Crippen LogP contribution in [0.5, 0.6) is 5.75 Å². The minimum absolute atomic E-state index is 0.150. The second kappa shape index (κ2) is 6.11. The average molecular weight is 313 g/mol. The number of rotatable bonds is 3. The Morgan fingerprint density at radius 1 is 1.22 bits per heavy atom. The minimum atomic E-state index is -0.569. The fourth-order valence-electron chi connectivity index (χ4n) is 3.14. The maximum atomic E-state index is 13.1. The third-order valence-corrected chi connectivity index (χ3v) is 4.66. The van der Waals surface area contributed by atoms with Crippen LogP contribution in [0.3, 0.4) is 0 Å². The lowest BCUT2D eigenvalue weighted by atomic mass is 9.83. The molecular weight excluding hydrogens is 290 g/mol. The van der Waals surface area contributed by atoms with Crippen molar-refractivity contribution in [3.8, 4) is 5.75 Å². The van der Waals surface area contributed by atoms with Crippen molar-refractivity contribution in [1.82, 2.24) is 4.90 Å². The lowest BCUT2D eigenvalue weighted by Gasteiger charge is -2.31. The molecule has 0 unspecified atom stereocenters. The molecule has 122 valence electrons. The van der Waals surface area contributed by atoms with Crippen LogP contribution < -0.4 is 4.74 Å². The molecule has 0 radical (unpaired) electrons. The largest absolute Gasteiger partial charge is 0.497 e. The molecule has 0 aliphatic carbocycles. The topological polar surface area (TPSA) is 42.7 Å². The van der Waals surface area contributed by atoms with E-state index >= 15 is 0 Å². The van der Waals surface area contributed by atoms with Gasteiger partial charge in [0.2, 0.25) is 5.91 Å². The van der Waals surface area contributed by atoms with E-state index in [0.717, 1.165) is 42.0 Å². The Bertz CT molecular complexity index is 685. The van der Waals surface area contributed by atoms with E-state index in [4.69, 9.17) is 9.15 Å². The standard InChI is InChI=1S/C19H23NO3/c1-19(2,15-6-8-16(22-3)9-7-15)18(21)20-11-4-5-17-14(13-20)10-12-23-17/h6-10,12H,4-5,11,13H2,1-3H3. The summed E-state index contributed by atoms with van der Waals surface area (Å²) in [4.78, 5) is 15.1. The number of amides is 1.